The first-order valence-corrected chi connectivity index (χ1v) is 7.52. The van der Waals surface area contributed by atoms with E-state index in [2.05, 4.69) is 16.0 Å². The molecule has 2 aliphatic heterocycles. The number of aliphatic hydroxyl groups is 1. The second-order valence-electron chi connectivity index (χ2n) is 6.93. The zero-order valence-corrected chi connectivity index (χ0v) is 12.9. The molecule has 0 radical (unpaired) electrons. The van der Waals surface area contributed by atoms with E-state index < -0.39 is 5.60 Å². The number of aryl methyl sites for hydroxylation is 1. The van der Waals surface area contributed by atoms with E-state index in [4.69, 9.17) is 0 Å². The normalized spacial score (nSPS) is 25.3. The zero-order valence-electron chi connectivity index (χ0n) is 12.9. The standard InChI is InChI=1S/C16H23N3O2/c1-11-4-14(16(2,3)21)17-15(5-11)19-8-12-6-18(10-20)7-13(12)9-19/h4-5,10,12-13,21H,6-9H2,1-3H3. The zero-order chi connectivity index (χ0) is 15.2. The minimum Gasteiger partial charge on any atom is -0.384 e. The van der Waals surface area contributed by atoms with Crippen LogP contribution >= 0.6 is 0 Å². The van der Waals surface area contributed by atoms with E-state index in [0.717, 1.165) is 44.0 Å². The van der Waals surface area contributed by atoms with Gasteiger partial charge in [0.05, 0.1) is 5.69 Å². The van der Waals surface area contributed by atoms with E-state index in [1.807, 2.05) is 17.9 Å². The lowest BCUT2D eigenvalue weighted by molar-refractivity contribution is -0.117. The van der Waals surface area contributed by atoms with E-state index in [1.54, 1.807) is 13.8 Å². The lowest BCUT2D eigenvalue weighted by Crippen LogP contribution is -2.29. The van der Waals surface area contributed by atoms with Gasteiger partial charge in [-0.25, -0.2) is 4.98 Å². The third kappa shape index (κ3) is 2.75. The number of amides is 1. The Morgan fingerprint density at radius 3 is 2.38 bits per heavy atom. The lowest BCUT2D eigenvalue weighted by atomic mass is 10.0. The number of anilines is 1. The minimum atomic E-state index is -0.926. The SMILES string of the molecule is Cc1cc(N2CC3CN(C=O)CC3C2)nc(C(C)(C)O)c1. The number of hydrogen-bond acceptors (Lipinski definition) is 4. The number of nitrogens with zero attached hydrogens (tertiary/aromatic N) is 3. The van der Waals surface area contributed by atoms with Crippen molar-refractivity contribution in [2.75, 3.05) is 31.1 Å². The Hall–Kier alpha value is -1.62. The highest BCUT2D eigenvalue weighted by molar-refractivity contribution is 5.49. The van der Waals surface area contributed by atoms with Crippen molar-refractivity contribution in [1.29, 1.82) is 0 Å². The molecule has 1 aromatic rings. The summed E-state index contributed by atoms with van der Waals surface area (Å²) in [5.41, 5.74) is 0.901. The molecule has 2 aliphatic rings. The van der Waals surface area contributed by atoms with Gasteiger partial charge in [0.25, 0.3) is 0 Å². The first-order valence-electron chi connectivity index (χ1n) is 7.52. The van der Waals surface area contributed by atoms with Crippen molar-refractivity contribution in [3.8, 4) is 0 Å². The minimum absolute atomic E-state index is 0.545. The van der Waals surface area contributed by atoms with Gasteiger partial charge in [-0.2, -0.15) is 0 Å². The molecule has 2 saturated heterocycles. The fourth-order valence-electron chi connectivity index (χ4n) is 3.43. The Morgan fingerprint density at radius 1 is 1.24 bits per heavy atom. The highest BCUT2D eigenvalue weighted by atomic mass is 16.3. The maximum atomic E-state index is 10.9. The lowest BCUT2D eigenvalue weighted by Gasteiger charge is -2.24. The number of carbonyl (C=O) groups is 1. The van der Waals surface area contributed by atoms with Crippen molar-refractivity contribution in [1.82, 2.24) is 9.88 Å². The number of fused-ring (bicyclic) bond motifs is 1. The second kappa shape index (κ2) is 4.98. The average Bonchev–Trinajstić information content (AvgIpc) is 2.94. The summed E-state index contributed by atoms with van der Waals surface area (Å²) < 4.78 is 0. The Morgan fingerprint density at radius 2 is 1.86 bits per heavy atom. The number of aromatic nitrogens is 1. The molecule has 5 heteroatoms. The van der Waals surface area contributed by atoms with Gasteiger partial charge in [0.1, 0.15) is 11.4 Å². The van der Waals surface area contributed by atoms with Crippen LogP contribution in [0.3, 0.4) is 0 Å². The average molecular weight is 289 g/mol. The Labute approximate surface area is 125 Å². The Kier molecular flexibility index (Phi) is 3.40. The summed E-state index contributed by atoms with van der Waals surface area (Å²) in [6.45, 7) is 9.15. The molecular formula is C16H23N3O2. The van der Waals surface area contributed by atoms with Crippen LogP contribution < -0.4 is 4.90 Å². The molecule has 21 heavy (non-hydrogen) atoms. The number of rotatable bonds is 3. The molecule has 1 N–H and O–H groups in total. The molecule has 1 aromatic heterocycles. The van der Waals surface area contributed by atoms with Gasteiger partial charge < -0.3 is 14.9 Å². The van der Waals surface area contributed by atoms with Gasteiger partial charge in [0.2, 0.25) is 6.41 Å². The summed E-state index contributed by atoms with van der Waals surface area (Å²) >= 11 is 0. The number of pyridine rings is 1. The van der Waals surface area contributed by atoms with E-state index in [9.17, 15) is 9.90 Å². The number of hydrogen-bond donors (Lipinski definition) is 1. The highest BCUT2D eigenvalue weighted by Crippen LogP contribution is 2.33. The van der Waals surface area contributed by atoms with Crippen LogP contribution in [-0.2, 0) is 10.4 Å². The van der Waals surface area contributed by atoms with Gasteiger partial charge in [-0.15, -0.1) is 0 Å². The quantitative estimate of drug-likeness (QED) is 0.848. The highest BCUT2D eigenvalue weighted by Gasteiger charge is 2.40. The molecule has 3 rings (SSSR count). The summed E-state index contributed by atoms with van der Waals surface area (Å²) in [4.78, 5) is 19.7. The van der Waals surface area contributed by atoms with E-state index in [-0.39, 0.29) is 0 Å². The first-order chi connectivity index (χ1) is 9.86. The van der Waals surface area contributed by atoms with E-state index >= 15 is 0 Å². The van der Waals surface area contributed by atoms with Gasteiger partial charge in [-0.3, -0.25) is 4.79 Å². The molecule has 0 aromatic carbocycles. The molecule has 0 spiro atoms. The summed E-state index contributed by atoms with van der Waals surface area (Å²) in [5, 5.41) is 10.2. The van der Waals surface area contributed by atoms with Crippen LogP contribution in [0.1, 0.15) is 25.1 Å². The molecule has 114 valence electrons. The molecule has 0 bridgehead atoms. The predicted molar refractivity (Wildman–Crippen MR) is 81.0 cm³/mol. The fraction of sp³-hybridized carbons (Fsp3) is 0.625. The van der Waals surface area contributed by atoms with Gasteiger partial charge >= 0.3 is 0 Å². The molecule has 5 nitrogen and oxygen atoms in total. The molecule has 0 aliphatic carbocycles. The maximum Gasteiger partial charge on any atom is 0.209 e. The second-order valence-corrected chi connectivity index (χ2v) is 6.93. The van der Waals surface area contributed by atoms with E-state index in [0.29, 0.717) is 17.5 Å². The van der Waals surface area contributed by atoms with Crippen LogP contribution in [0.15, 0.2) is 12.1 Å². The fourth-order valence-corrected chi connectivity index (χ4v) is 3.43. The summed E-state index contributed by atoms with van der Waals surface area (Å²) in [7, 11) is 0. The summed E-state index contributed by atoms with van der Waals surface area (Å²) in [6.07, 6.45) is 0.958. The summed E-state index contributed by atoms with van der Waals surface area (Å²) in [6, 6.07) is 4.02. The van der Waals surface area contributed by atoms with E-state index in [1.165, 1.54) is 0 Å². The molecule has 2 unspecified atom stereocenters. The van der Waals surface area contributed by atoms with Gasteiger partial charge in [0, 0.05) is 38.0 Å². The van der Waals surface area contributed by atoms with Crippen LogP contribution in [0.4, 0.5) is 5.82 Å². The number of carbonyl (C=O) groups excluding carboxylic acids is 1. The molecule has 3 heterocycles. The Bertz CT molecular complexity index is 539. The molecular weight excluding hydrogens is 266 g/mol. The number of likely N-dealkylation sites (tertiary alicyclic amines) is 1. The Balaban J connectivity index is 1.80. The first kappa shape index (κ1) is 14.3. The monoisotopic (exact) mass is 289 g/mol. The van der Waals surface area contributed by atoms with Crippen LogP contribution in [0, 0.1) is 18.8 Å². The molecule has 0 saturated carbocycles. The predicted octanol–water partition coefficient (Wildman–Crippen LogP) is 1.14. The van der Waals surface area contributed by atoms with Gasteiger partial charge in [-0.05, 0) is 38.5 Å². The van der Waals surface area contributed by atoms with Crippen LogP contribution in [0.2, 0.25) is 0 Å². The third-order valence-electron chi connectivity index (χ3n) is 4.57. The van der Waals surface area contributed by atoms with Crippen LogP contribution in [-0.4, -0.2) is 47.6 Å². The van der Waals surface area contributed by atoms with Crippen molar-refractivity contribution < 1.29 is 9.90 Å². The van der Waals surface area contributed by atoms with Crippen molar-refractivity contribution in [2.45, 2.75) is 26.4 Å². The maximum absolute atomic E-state index is 10.9. The van der Waals surface area contributed by atoms with Crippen LogP contribution in [0.25, 0.3) is 0 Å². The summed E-state index contributed by atoms with van der Waals surface area (Å²) in [5.74, 6) is 2.03. The molecule has 2 fully saturated rings. The van der Waals surface area contributed by atoms with Crippen LogP contribution in [0.5, 0.6) is 0 Å². The largest absolute Gasteiger partial charge is 0.384 e. The third-order valence-corrected chi connectivity index (χ3v) is 4.57. The van der Waals surface area contributed by atoms with Crippen molar-refractivity contribution in [3.05, 3.63) is 23.4 Å². The molecule has 1 amide bonds. The topological polar surface area (TPSA) is 56.7 Å². The van der Waals surface area contributed by atoms with Crippen molar-refractivity contribution >= 4 is 12.2 Å². The molecule has 2 atom stereocenters. The van der Waals surface area contributed by atoms with Crippen molar-refractivity contribution in [3.63, 3.8) is 0 Å². The van der Waals surface area contributed by atoms with Gasteiger partial charge in [0.15, 0.2) is 0 Å². The van der Waals surface area contributed by atoms with Gasteiger partial charge in [-0.1, -0.05) is 0 Å². The smallest absolute Gasteiger partial charge is 0.209 e. The van der Waals surface area contributed by atoms with Crippen molar-refractivity contribution in [2.24, 2.45) is 11.8 Å².